The molecule has 0 bridgehead atoms. The summed E-state index contributed by atoms with van der Waals surface area (Å²) in [6.07, 6.45) is 5.10. The van der Waals surface area contributed by atoms with Gasteiger partial charge in [0, 0.05) is 25.3 Å². The topological polar surface area (TPSA) is 60.0 Å². The fourth-order valence-corrected chi connectivity index (χ4v) is 2.42. The van der Waals surface area contributed by atoms with E-state index >= 15 is 0 Å². The molecule has 1 saturated carbocycles. The number of aromatic nitrogens is 1. The molecule has 1 unspecified atom stereocenters. The highest BCUT2D eigenvalue weighted by molar-refractivity contribution is 6.31. The maximum Gasteiger partial charge on any atom is 0.268 e. The molecule has 0 aromatic carbocycles. The van der Waals surface area contributed by atoms with Gasteiger partial charge in [0.05, 0.1) is 5.02 Å². The third-order valence-corrected chi connectivity index (χ3v) is 3.53. The standard InChI is InChI=1S/C13H20ClN3O/c1-2-5-17-8-10(14)6-12(17)13(18)16-11(7-15)9-3-4-9/h6,8-9,11H,2-5,7,15H2,1H3,(H,16,18). The van der Waals surface area contributed by atoms with Crippen LogP contribution in [0, 0.1) is 5.92 Å². The van der Waals surface area contributed by atoms with Gasteiger partial charge in [-0.2, -0.15) is 0 Å². The summed E-state index contributed by atoms with van der Waals surface area (Å²) in [6.45, 7) is 3.37. The Kier molecular flexibility index (Phi) is 4.30. The minimum atomic E-state index is -0.0716. The van der Waals surface area contributed by atoms with Crippen LogP contribution in [-0.4, -0.2) is 23.1 Å². The monoisotopic (exact) mass is 269 g/mol. The highest BCUT2D eigenvalue weighted by Crippen LogP contribution is 2.32. The maximum absolute atomic E-state index is 12.2. The van der Waals surface area contributed by atoms with E-state index in [1.54, 1.807) is 12.3 Å². The highest BCUT2D eigenvalue weighted by atomic mass is 35.5. The number of amides is 1. The zero-order chi connectivity index (χ0) is 13.1. The molecule has 0 radical (unpaired) electrons. The Hall–Kier alpha value is -1.00. The molecule has 0 spiro atoms. The van der Waals surface area contributed by atoms with E-state index in [4.69, 9.17) is 17.3 Å². The lowest BCUT2D eigenvalue weighted by molar-refractivity contribution is 0.0924. The van der Waals surface area contributed by atoms with E-state index in [1.807, 2.05) is 4.57 Å². The van der Waals surface area contributed by atoms with Gasteiger partial charge in [0.25, 0.3) is 5.91 Å². The Morgan fingerprint density at radius 3 is 2.94 bits per heavy atom. The van der Waals surface area contributed by atoms with E-state index in [0.29, 0.717) is 23.2 Å². The van der Waals surface area contributed by atoms with Crippen LogP contribution in [0.15, 0.2) is 12.3 Å². The van der Waals surface area contributed by atoms with Crippen LogP contribution in [0.5, 0.6) is 0 Å². The first-order valence-electron chi connectivity index (χ1n) is 6.52. The largest absolute Gasteiger partial charge is 0.346 e. The summed E-state index contributed by atoms with van der Waals surface area (Å²) in [5.41, 5.74) is 6.32. The number of aryl methyl sites for hydroxylation is 1. The molecule has 100 valence electrons. The Morgan fingerprint density at radius 1 is 1.67 bits per heavy atom. The second-order valence-electron chi connectivity index (χ2n) is 4.89. The van der Waals surface area contributed by atoms with Crippen molar-refractivity contribution in [2.45, 2.75) is 38.8 Å². The first-order valence-corrected chi connectivity index (χ1v) is 6.90. The molecule has 1 fully saturated rings. The number of hydrogen-bond acceptors (Lipinski definition) is 2. The SMILES string of the molecule is CCCn1cc(Cl)cc1C(=O)NC(CN)C1CC1. The van der Waals surface area contributed by atoms with Gasteiger partial charge in [-0.1, -0.05) is 18.5 Å². The van der Waals surface area contributed by atoms with Crippen LogP contribution in [-0.2, 0) is 6.54 Å². The molecule has 1 aromatic heterocycles. The molecule has 1 aliphatic carbocycles. The average molecular weight is 270 g/mol. The van der Waals surface area contributed by atoms with Crippen LogP contribution >= 0.6 is 11.6 Å². The second-order valence-corrected chi connectivity index (χ2v) is 5.33. The van der Waals surface area contributed by atoms with Crippen molar-refractivity contribution in [1.82, 2.24) is 9.88 Å². The molecule has 1 heterocycles. The second kappa shape index (κ2) is 5.76. The predicted molar refractivity (Wildman–Crippen MR) is 72.8 cm³/mol. The molecule has 1 aromatic rings. The van der Waals surface area contributed by atoms with Crippen LogP contribution in [0.2, 0.25) is 5.02 Å². The summed E-state index contributed by atoms with van der Waals surface area (Å²) in [5.74, 6) is 0.488. The third kappa shape index (κ3) is 3.06. The molecule has 0 aliphatic heterocycles. The summed E-state index contributed by atoms with van der Waals surface area (Å²) in [4.78, 5) is 12.2. The van der Waals surface area contributed by atoms with Crippen LogP contribution in [0.1, 0.15) is 36.7 Å². The van der Waals surface area contributed by atoms with Gasteiger partial charge in [-0.05, 0) is 31.2 Å². The first kappa shape index (κ1) is 13.4. The number of rotatable bonds is 6. The van der Waals surface area contributed by atoms with Crippen LogP contribution in [0.4, 0.5) is 0 Å². The van der Waals surface area contributed by atoms with Crippen LogP contribution in [0.25, 0.3) is 0 Å². The number of carbonyl (C=O) groups is 1. The van der Waals surface area contributed by atoms with Crippen molar-refractivity contribution in [3.05, 3.63) is 23.0 Å². The molecule has 1 atom stereocenters. The Bertz CT molecular complexity index is 426. The van der Waals surface area contributed by atoms with Gasteiger partial charge in [-0.15, -0.1) is 0 Å². The van der Waals surface area contributed by atoms with Crippen molar-refractivity contribution in [1.29, 1.82) is 0 Å². The van der Waals surface area contributed by atoms with Gasteiger partial charge >= 0.3 is 0 Å². The number of nitrogens with two attached hydrogens (primary N) is 1. The molecule has 4 nitrogen and oxygen atoms in total. The highest BCUT2D eigenvalue weighted by Gasteiger charge is 2.31. The number of halogens is 1. The first-order chi connectivity index (χ1) is 8.65. The van der Waals surface area contributed by atoms with Gasteiger partial charge in [0.1, 0.15) is 5.69 Å². The van der Waals surface area contributed by atoms with Crippen molar-refractivity contribution in [2.75, 3.05) is 6.54 Å². The zero-order valence-electron chi connectivity index (χ0n) is 10.7. The van der Waals surface area contributed by atoms with Crippen LogP contribution < -0.4 is 11.1 Å². The Balaban J connectivity index is 2.07. The lowest BCUT2D eigenvalue weighted by atomic mass is 10.2. The molecule has 5 heteroatoms. The van der Waals surface area contributed by atoms with Crippen molar-refractivity contribution in [2.24, 2.45) is 11.7 Å². The smallest absolute Gasteiger partial charge is 0.268 e. The predicted octanol–water partition coefficient (Wildman–Crippen LogP) is 2.02. The van der Waals surface area contributed by atoms with E-state index in [9.17, 15) is 4.79 Å². The molecule has 2 rings (SSSR count). The summed E-state index contributed by atoms with van der Waals surface area (Å²) < 4.78 is 1.90. The maximum atomic E-state index is 12.2. The number of carbonyl (C=O) groups excluding carboxylic acids is 1. The molecule has 3 N–H and O–H groups in total. The summed E-state index contributed by atoms with van der Waals surface area (Å²) in [5, 5.41) is 3.61. The van der Waals surface area contributed by atoms with E-state index in [0.717, 1.165) is 13.0 Å². The minimum absolute atomic E-state index is 0.0716. The third-order valence-electron chi connectivity index (χ3n) is 3.32. The van der Waals surface area contributed by atoms with E-state index in [-0.39, 0.29) is 11.9 Å². The van der Waals surface area contributed by atoms with Crippen molar-refractivity contribution < 1.29 is 4.79 Å². The number of nitrogens with one attached hydrogen (secondary N) is 1. The van der Waals surface area contributed by atoms with Gasteiger partial charge in [0.15, 0.2) is 0 Å². The molecule has 1 aliphatic rings. The summed E-state index contributed by atoms with van der Waals surface area (Å²) in [6, 6.07) is 1.81. The lowest BCUT2D eigenvalue weighted by Gasteiger charge is -2.16. The van der Waals surface area contributed by atoms with Gasteiger partial charge in [-0.3, -0.25) is 4.79 Å². The lowest BCUT2D eigenvalue weighted by Crippen LogP contribution is -2.42. The summed E-state index contributed by atoms with van der Waals surface area (Å²) >= 11 is 5.97. The minimum Gasteiger partial charge on any atom is -0.346 e. The van der Waals surface area contributed by atoms with Crippen molar-refractivity contribution >= 4 is 17.5 Å². The van der Waals surface area contributed by atoms with Gasteiger partial charge in [0.2, 0.25) is 0 Å². The molecular weight excluding hydrogens is 250 g/mol. The molecule has 1 amide bonds. The average Bonchev–Trinajstić information content (AvgIpc) is 3.11. The summed E-state index contributed by atoms with van der Waals surface area (Å²) in [7, 11) is 0. The molecule has 18 heavy (non-hydrogen) atoms. The van der Waals surface area contributed by atoms with Crippen molar-refractivity contribution in [3.63, 3.8) is 0 Å². The van der Waals surface area contributed by atoms with Crippen LogP contribution in [0.3, 0.4) is 0 Å². The normalized spacial score (nSPS) is 16.6. The van der Waals surface area contributed by atoms with Gasteiger partial charge < -0.3 is 15.6 Å². The van der Waals surface area contributed by atoms with Crippen molar-refractivity contribution in [3.8, 4) is 0 Å². The quantitative estimate of drug-likeness (QED) is 0.830. The zero-order valence-corrected chi connectivity index (χ0v) is 11.4. The van der Waals surface area contributed by atoms with E-state index < -0.39 is 0 Å². The van der Waals surface area contributed by atoms with Gasteiger partial charge in [-0.25, -0.2) is 0 Å². The fraction of sp³-hybridized carbons (Fsp3) is 0.615. The Morgan fingerprint density at radius 2 is 2.39 bits per heavy atom. The Labute approximate surface area is 112 Å². The van der Waals surface area contributed by atoms with E-state index in [2.05, 4.69) is 12.2 Å². The fourth-order valence-electron chi connectivity index (χ4n) is 2.20. The molecule has 0 saturated heterocycles. The number of nitrogens with zero attached hydrogens (tertiary/aromatic N) is 1. The molecular formula is C13H20ClN3O. The number of hydrogen-bond donors (Lipinski definition) is 2. The van der Waals surface area contributed by atoms with E-state index in [1.165, 1.54) is 12.8 Å².